The summed E-state index contributed by atoms with van der Waals surface area (Å²) in [7, 11) is 1.31. The number of ether oxygens (including phenoxy) is 2. The van der Waals surface area contributed by atoms with E-state index in [0.717, 1.165) is 17.7 Å². The molecular formula is C17H15F2NO4. The van der Waals surface area contributed by atoms with E-state index in [1.54, 1.807) is 24.3 Å². The summed E-state index contributed by atoms with van der Waals surface area (Å²) >= 11 is 0. The normalized spacial score (nSPS) is 10.1. The molecule has 126 valence electrons. The van der Waals surface area contributed by atoms with Crippen molar-refractivity contribution in [2.24, 2.45) is 0 Å². The topological polar surface area (TPSA) is 64.6 Å². The first-order valence-electron chi connectivity index (χ1n) is 7.01. The first kappa shape index (κ1) is 17.4. The minimum absolute atomic E-state index is 0.135. The summed E-state index contributed by atoms with van der Waals surface area (Å²) in [6.45, 7) is -0.296. The van der Waals surface area contributed by atoms with Gasteiger partial charge in [0.25, 0.3) is 5.91 Å². The van der Waals surface area contributed by atoms with Gasteiger partial charge in [0.2, 0.25) is 0 Å². The van der Waals surface area contributed by atoms with Gasteiger partial charge in [0.05, 0.1) is 13.5 Å². The van der Waals surface area contributed by atoms with Gasteiger partial charge in [-0.1, -0.05) is 12.1 Å². The highest BCUT2D eigenvalue weighted by Crippen LogP contribution is 2.15. The van der Waals surface area contributed by atoms with Crippen LogP contribution in [-0.4, -0.2) is 25.6 Å². The van der Waals surface area contributed by atoms with E-state index in [1.807, 2.05) is 0 Å². The smallest absolute Gasteiger partial charge is 0.309 e. The molecule has 0 bridgehead atoms. The Bertz CT molecular complexity index is 732. The van der Waals surface area contributed by atoms with E-state index in [1.165, 1.54) is 13.2 Å². The summed E-state index contributed by atoms with van der Waals surface area (Å²) in [6.07, 6.45) is 0.146. The van der Waals surface area contributed by atoms with Crippen molar-refractivity contribution < 1.29 is 27.8 Å². The summed E-state index contributed by atoms with van der Waals surface area (Å²) in [5.41, 5.74) is 0.886. The Morgan fingerprint density at radius 1 is 1.04 bits per heavy atom. The fraction of sp³-hybridized carbons (Fsp3) is 0.176. The van der Waals surface area contributed by atoms with Gasteiger partial charge < -0.3 is 14.8 Å². The zero-order valence-electron chi connectivity index (χ0n) is 12.8. The highest BCUT2D eigenvalue weighted by molar-refractivity contribution is 5.91. The van der Waals surface area contributed by atoms with Crippen molar-refractivity contribution >= 4 is 17.6 Å². The van der Waals surface area contributed by atoms with Crippen molar-refractivity contribution in [3.05, 3.63) is 59.7 Å². The third kappa shape index (κ3) is 5.05. The maximum atomic E-state index is 13.0. The molecule has 0 radical (unpaired) electrons. The molecule has 0 fully saturated rings. The lowest BCUT2D eigenvalue weighted by molar-refractivity contribution is -0.139. The van der Waals surface area contributed by atoms with Gasteiger partial charge in [0.15, 0.2) is 18.2 Å². The van der Waals surface area contributed by atoms with Crippen LogP contribution in [0, 0.1) is 11.6 Å². The molecule has 0 aromatic heterocycles. The van der Waals surface area contributed by atoms with Crippen molar-refractivity contribution in [1.29, 1.82) is 0 Å². The molecule has 0 aliphatic rings. The fourth-order valence-electron chi connectivity index (χ4n) is 1.86. The van der Waals surface area contributed by atoms with Crippen molar-refractivity contribution in [3.8, 4) is 5.75 Å². The number of hydrogen-bond acceptors (Lipinski definition) is 4. The zero-order chi connectivity index (χ0) is 17.5. The zero-order valence-corrected chi connectivity index (χ0v) is 12.8. The number of nitrogens with one attached hydrogen (secondary N) is 1. The third-order valence-electron chi connectivity index (χ3n) is 3.07. The Balaban J connectivity index is 1.85. The Kier molecular flexibility index (Phi) is 5.83. The first-order chi connectivity index (χ1) is 11.5. The summed E-state index contributed by atoms with van der Waals surface area (Å²) in [5.74, 6) is -2.47. The van der Waals surface area contributed by atoms with Crippen molar-refractivity contribution in [3.63, 3.8) is 0 Å². The van der Waals surface area contributed by atoms with E-state index in [9.17, 15) is 18.4 Å². The van der Waals surface area contributed by atoms with Crippen LogP contribution >= 0.6 is 0 Å². The maximum absolute atomic E-state index is 13.0. The number of rotatable bonds is 6. The number of esters is 1. The van der Waals surface area contributed by atoms with Crippen LogP contribution < -0.4 is 10.1 Å². The highest BCUT2D eigenvalue weighted by atomic mass is 19.2. The second-order valence-electron chi connectivity index (χ2n) is 4.86. The lowest BCUT2D eigenvalue weighted by Crippen LogP contribution is -2.20. The largest absolute Gasteiger partial charge is 0.484 e. The number of carbonyl (C=O) groups excluding carboxylic acids is 2. The number of benzene rings is 2. The number of anilines is 1. The second-order valence-corrected chi connectivity index (χ2v) is 4.86. The molecule has 1 N–H and O–H groups in total. The summed E-state index contributed by atoms with van der Waals surface area (Å²) < 4.78 is 35.7. The van der Waals surface area contributed by atoms with Gasteiger partial charge >= 0.3 is 5.97 Å². The molecule has 2 rings (SSSR count). The molecule has 2 aromatic carbocycles. The molecule has 0 saturated heterocycles. The lowest BCUT2D eigenvalue weighted by Gasteiger charge is -2.08. The van der Waals surface area contributed by atoms with Gasteiger partial charge in [-0.2, -0.15) is 0 Å². The van der Waals surface area contributed by atoms with Crippen LogP contribution in [0.3, 0.4) is 0 Å². The Morgan fingerprint density at radius 3 is 2.38 bits per heavy atom. The van der Waals surface area contributed by atoms with Gasteiger partial charge in [-0.3, -0.25) is 9.59 Å². The third-order valence-corrected chi connectivity index (χ3v) is 3.07. The summed E-state index contributed by atoms with van der Waals surface area (Å²) in [5, 5.41) is 2.39. The summed E-state index contributed by atoms with van der Waals surface area (Å²) in [6, 6.07) is 9.64. The molecule has 2 aromatic rings. The number of amides is 1. The van der Waals surface area contributed by atoms with E-state index in [-0.39, 0.29) is 24.7 Å². The van der Waals surface area contributed by atoms with E-state index < -0.39 is 17.5 Å². The average molecular weight is 335 g/mol. The molecule has 0 spiro atoms. The van der Waals surface area contributed by atoms with Gasteiger partial charge in [-0.05, 0) is 29.8 Å². The van der Waals surface area contributed by atoms with E-state index in [2.05, 4.69) is 10.1 Å². The molecule has 5 nitrogen and oxygen atoms in total. The Hall–Kier alpha value is -2.96. The standard InChI is InChI=1S/C17H15F2NO4/c1-23-17(22)8-11-2-5-13(6-3-11)24-10-16(21)20-12-4-7-14(18)15(19)9-12/h2-7,9H,8,10H2,1H3,(H,20,21). The number of methoxy groups -OCH3 is 1. The van der Waals surface area contributed by atoms with Crippen molar-refractivity contribution in [2.45, 2.75) is 6.42 Å². The fourth-order valence-corrected chi connectivity index (χ4v) is 1.86. The molecule has 0 saturated carbocycles. The van der Waals surface area contributed by atoms with Crippen LogP contribution in [0.1, 0.15) is 5.56 Å². The van der Waals surface area contributed by atoms with E-state index in [0.29, 0.717) is 5.75 Å². The molecule has 1 amide bonds. The predicted octanol–water partition coefficient (Wildman–Crippen LogP) is 2.70. The van der Waals surface area contributed by atoms with Crippen LogP contribution in [0.25, 0.3) is 0 Å². The van der Waals surface area contributed by atoms with Crippen LogP contribution in [0.5, 0.6) is 5.75 Å². The average Bonchev–Trinajstić information content (AvgIpc) is 2.57. The number of hydrogen-bond donors (Lipinski definition) is 1. The number of carbonyl (C=O) groups is 2. The molecule has 0 heterocycles. The molecule has 24 heavy (non-hydrogen) atoms. The quantitative estimate of drug-likeness (QED) is 0.825. The van der Waals surface area contributed by atoms with E-state index in [4.69, 9.17) is 4.74 Å². The molecule has 0 unspecified atom stereocenters. The van der Waals surface area contributed by atoms with Crippen LogP contribution in [0.15, 0.2) is 42.5 Å². The minimum atomic E-state index is -1.05. The molecule has 0 aliphatic heterocycles. The molecule has 0 atom stereocenters. The van der Waals surface area contributed by atoms with Gasteiger partial charge in [-0.25, -0.2) is 8.78 Å². The Morgan fingerprint density at radius 2 is 1.75 bits per heavy atom. The predicted molar refractivity (Wildman–Crippen MR) is 82.6 cm³/mol. The minimum Gasteiger partial charge on any atom is -0.484 e. The molecule has 0 aliphatic carbocycles. The van der Waals surface area contributed by atoms with Crippen molar-refractivity contribution in [1.82, 2.24) is 0 Å². The molecule has 7 heteroatoms. The van der Waals surface area contributed by atoms with Crippen LogP contribution in [0.2, 0.25) is 0 Å². The van der Waals surface area contributed by atoms with Gasteiger partial charge in [0.1, 0.15) is 5.75 Å². The monoisotopic (exact) mass is 335 g/mol. The van der Waals surface area contributed by atoms with Gasteiger partial charge in [-0.15, -0.1) is 0 Å². The second kappa shape index (κ2) is 8.05. The SMILES string of the molecule is COC(=O)Cc1ccc(OCC(=O)Nc2ccc(F)c(F)c2)cc1. The summed E-state index contributed by atoms with van der Waals surface area (Å²) in [4.78, 5) is 22.9. The van der Waals surface area contributed by atoms with Crippen LogP contribution in [-0.2, 0) is 20.7 Å². The maximum Gasteiger partial charge on any atom is 0.309 e. The molecular weight excluding hydrogens is 320 g/mol. The highest BCUT2D eigenvalue weighted by Gasteiger charge is 2.08. The van der Waals surface area contributed by atoms with Gasteiger partial charge in [0, 0.05) is 11.8 Å². The Labute approximate surface area is 137 Å². The van der Waals surface area contributed by atoms with Crippen molar-refractivity contribution in [2.75, 3.05) is 19.0 Å². The van der Waals surface area contributed by atoms with E-state index >= 15 is 0 Å². The first-order valence-corrected chi connectivity index (χ1v) is 7.01. The number of halogens is 2. The lowest BCUT2D eigenvalue weighted by atomic mass is 10.1. The van der Waals surface area contributed by atoms with Crippen LogP contribution in [0.4, 0.5) is 14.5 Å².